The van der Waals surface area contributed by atoms with Gasteiger partial charge in [-0.1, -0.05) is 31.8 Å². The molecule has 0 atom stereocenters. The summed E-state index contributed by atoms with van der Waals surface area (Å²) in [7, 11) is 0. The van der Waals surface area contributed by atoms with Crippen molar-refractivity contribution in [3.05, 3.63) is 11.7 Å². The second-order valence-electron chi connectivity index (χ2n) is 5.50. The molecule has 1 aliphatic rings. The molecule has 0 amide bonds. The van der Waals surface area contributed by atoms with E-state index in [1.165, 1.54) is 12.8 Å². The van der Waals surface area contributed by atoms with Gasteiger partial charge in [0.05, 0.1) is 5.41 Å². The maximum absolute atomic E-state index is 11.5. The van der Waals surface area contributed by atoms with E-state index in [1.807, 2.05) is 13.8 Å². The second kappa shape index (κ2) is 5.72. The van der Waals surface area contributed by atoms with E-state index >= 15 is 0 Å². The standard InChI is InChI=1S/C14H22N2O3/c1-3-14(4-2,13(17)18)9-11-15-12(16-19-11)10-7-5-6-8-10/h10H,3-9H2,1-2H3,(H,17,18). The molecule has 1 aliphatic carbocycles. The van der Waals surface area contributed by atoms with Crippen molar-refractivity contribution in [2.45, 2.75) is 64.7 Å². The SMILES string of the molecule is CCC(CC)(Cc1nc(C2CCCC2)no1)C(=O)O. The fraction of sp³-hybridized carbons (Fsp3) is 0.786. The summed E-state index contributed by atoms with van der Waals surface area (Å²) in [5.41, 5.74) is -0.778. The Kier molecular flexibility index (Phi) is 4.22. The van der Waals surface area contributed by atoms with Crippen LogP contribution in [-0.4, -0.2) is 21.2 Å². The van der Waals surface area contributed by atoms with Crippen LogP contribution in [0.3, 0.4) is 0 Å². The van der Waals surface area contributed by atoms with E-state index in [-0.39, 0.29) is 0 Å². The third-order valence-electron chi connectivity index (χ3n) is 4.50. The molecular formula is C14H22N2O3. The molecule has 1 saturated carbocycles. The van der Waals surface area contributed by atoms with Crippen molar-refractivity contribution < 1.29 is 14.4 Å². The van der Waals surface area contributed by atoms with E-state index in [9.17, 15) is 9.90 Å². The largest absolute Gasteiger partial charge is 0.481 e. The van der Waals surface area contributed by atoms with Crippen LogP contribution in [0.15, 0.2) is 4.52 Å². The monoisotopic (exact) mass is 266 g/mol. The highest BCUT2D eigenvalue weighted by Crippen LogP contribution is 2.34. The summed E-state index contributed by atoms with van der Waals surface area (Å²) < 4.78 is 5.26. The first-order valence-corrected chi connectivity index (χ1v) is 7.17. The van der Waals surface area contributed by atoms with Gasteiger partial charge in [-0.3, -0.25) is 4.79 Å². The summed E-state index contributed by atoms with van der Waals surface area (Å²) in [6, 6.07) is 0. The van der Waals surface area contributed by atoms with E-state index in [0.717, 1.165) is 18.7 Å². The Morgan fingerprint density at radius 3 is 2.53 bits per heavy atom. The van der Waals surface area contributed by atoms with Crippen molar-refractivity contribution in [1.82, 2.24) is 10.1 Å². The van der Waals surface area contributed by atoms with Crippen LogP contribution in [0.4, 0.5) is 0 Å². The number of nitrogens with zero attached hydrogens (tertiary/aromatic N) is 2. The van der Waals surface area contributed by atoms with Gasteiger partial charge in [0, 0.05) is 12.3 Å². The van der Waals surface area contributed by atoms with Gasteiger partial charge in [-0.2, -0.15) is 4.98 Å². The fourth-order valence-corrected chi connectivity index (χ4v) is 2.86. The van der Waals surface area contributed by atoms with Crippen LogP contribution in [0, 0.1) is 5.41 Å². The maximum atomic E-state index is 11.5. The number of aromatic nitrogens is 2. The highest BCUT2D eigenvalue weighted by Gasteiger charge is 2.37. The maximum Gasteiger partial charge on any atom is 0.310 e. The van der Waals surface area contributed by atoms with Crippen LogP contribution in [0.1, 0.15) is 70.0 Å². The minimum absolute atomic E-state index is 0.328. The first kappa shape index (κ1) is 14.0. The Balaban J connectivity index is 2.11. The number of rotatable bonds is 6. The highest BCUT2D eigenvalue weighted by molar-refractivity contribution is 5.74. The highest BCUT2D eigenvalue weighted by atomic mass is 16.5. The Bertz CT molecular complexity index is 432. The van der Waals surface area contributed by atoms with Crippen molar-refractivity contribution in [2.24, 2.45) is 5.41 Å². The van der Waals surface area contributed by atoms with Crippen molar-refractivity contribution in [3.8, 4) is 0 Å². The number of hydrogen-bond acceptors (Lipinski definition) is 4. The summed E-state index contributed by atoms with van der Waals surface area (Å²) in [6.07, 6.45) is 6.14. The zero-order valence-corrected chi connectivity index (χ0v) is 11.7. The molecule has 0 spiro atoms. The smallest absolute Gasteiger partial charge is 0.310 e. The Morgan fingerprint density at radius 1 is 1.37 bits per heavy atom. The number of aliphatic carboxylic acids is 1. The van der Waals surface area contributed by atoms with Gasteiger partial charge in [0.25, 0.3) is 0 Å². The van der Waals surface area contributed by atoms with Gasteiger partial charge < -0.3 is 9.63 Å². The van der Waals surface area contributed by atoms with Crippen LogP contribution >= 0.6 is 0 Å². The number of hydrogen-bond donors (Lipinski definition) is 1. The molecule has 1 N–H and O–H groups in total. The topological polar surface area (TPSA) is 76.2 Å². The molecule has 1 heterocycles. The average Bonchev–Trinajstić information content (AvgIpc) is 3.06. The molecule has 1 aromatic rings. The zero-order valence-electron chi connectivity index (χ0n) is 11.7. The van der Waals surface area contributed by atoms with Gasteiger partial charge in [0.1, 0.15) is 0 Å². The molecule has 0 bridgehead atoms. The third kappa shape index (κ3) is 2.80. The molecule has 1 fully saturated rings. The normalized spacial score (nSPS) is 16.9. The van der Waals surface area contributed by atoms with Crippen LogP contribution in [0.25, 0.3) is 0 Å². The predicted molar refractivity (Wildman–Crippen MR) is 69.9 cm³/mol. The lowest BCUT2D eigenvalue weighted by atomic mass is 9.79. The lowest BCUT2D eigenvalue weighted by Gasteiger charge is -2.24. The zero-order chi connectivity index (χ0) is 13.9. The lowest BCUT2D eigenvalue weighted by molar-refractivity contribution is -0.149. The van der Waals surface area contributed by atoms with Gasteiger partial charge in [-0.25, -0.2) is 0 Å². The van der Waals surface area contributed by atoms with Crippen LogP contribution in [0.2, 0.25) is 0 Å². The van der Waals surface area contributed by atoms with Gasteiger partial charge in [0.2, 0.25) is 5.89 Å². The Labute approximate surface area is 113 Å². The molecule has 19 heavy (non-hydrogen) atoms. The minimum atomic E-state index is -0.780. The molecule has 5 heteroatoms. The summed E-state index contributed by atoms with van der Waals surface area (Å²) in [4.78, 5) is 15.9. The molecule has 1 aromatic heterocycles. The molecule has 0 aliphatic heterocycles. The Morgan fingerprint density at radius 2 is 2.00 bits per heavy atom. The molecule has 5 nitrogen and oxygen atoms in total. The number of carboxylic acids is 1. The summed E-state index contributed by atoms with van der Waals surface area (Å²) >= 11 is 0. The minimum Gasteiger partial charge on any atom is -0.481 e. The predicted octanol–water partition coefficient (Wildman–Crippen LogP) is 3.16. The van der Waals surface area contributed by atoms with E-state index in [2.05, 4.69) is 10.1 Å². The molecule has 0 saturated heterocycles. The molecule has 2 rings (SSSR count). The summed E-state index contributed by atoms with van der Waals surface area (Å²) in [6.45, 7) is 3.79. The first-order chi connectivity index (χ1) is 9.11. The lowest BCUT2D eigenvalue weighted by Crippen LogP contribution is -2.32. The van der Waals surface area contributed by atoms with Crippen molar-refractivity contribution in [1.29, 1.82) is 0 Å². The van der Waals surface area contributed by atoms with Gasteiger partial charge in [-0.15, -0.1) is 0 Å². The second-order valence-corrected chi connectivity index (χ2v) is 5.50. The fourth-order valence-electron chi connectivity index (χ4n) is 2.86. The van der Waals surface area contributed by atoms with Crippen LogP contribution < -0.4 is 0 Å². The molecule has 0 unspecified atom stereocenters. The third-order valence-corrected chi connectivity index (χ3v) is 4.50. The van der Waals surface area contributed by atoms with Crippen molar-refractivity contribution >= 4 is 5.97 Å². The van der Waals surface area contributed by atoms with E-state index < -0.39 is 11.4 Å². The van der Waals surface area contributed by atoms with Crippen molar-refractivity contribution in [2.75, 3.05) is 0 Å². The van der Waals surface area contributed by atoms with E-state index in [1.54, 1.807) is 0 Å². The van der Waals surface area contributed by atoms with Gasteiger partial charge in [0.15, 0.2) is 5.82 Å². The Hall–Kier alpha value is -1.39. The molecule has 0 radical (unpaired) electrons. The average molecular weight is 266 g/mol. The molecular weight excluding hydrogens is 244 g/mol. The molecule has 106 valence electrons. The number of carbonyl (C=O) groups is 1. The number of carboxylic acid groups (broad SMARTS) is 1. The van der Waals surface area contributed by atoms with Crippen molar-refractivity contribution in [3.63, 3.8) is 0 Å². The summed E-state index contributed by atoms with van der Waals surface area (Å²) in [5, 5.41) is 13.4. The first-order valence-electron chi connectivity index (χ1n) is 7.17. The van der Waals surface area contributed by atoms with Crippen LogP contribution in [0.5, 0.6) is 0 Å². The van der Waals surface area contributed by atoms with Gasteiger partial charge in [-0.05, 0) is 25.7 Å². The van der Waals surface area contributed by atoms with Crippen LogP contribution in [-0.2, 0) is 11.2 Å². The van der Waals surface area contributed by atoms with E-state index in [4.69, 9.17) is 4.52 Å². The van der Waals surface area contributed by atoms with Gasteiger partial charge >= 0.3 is 5.97 Å². The van der Waals surface area contributed by atoms with E-state index in [0.29, 0.717) is 31.1 Å². The molecule has 0 aromatic carbocycles. The quantitative estimate of drug-likeness (QED) is 0.855. The summed E-state index contributed by atoms with van der Waals surface area (Å²) in [5.74, 6) is 0.852.